The molecule has 1 aromatic heterocycles. The first-order chi connectivity index (χ1) is 17.0. The normalized spacial score (nSPS) is 23.4. The summed E-state index contributed by atoms with van der Waals surface area (Å²) < 4.78 is 39.2. The van der Waals surface area contributed by atoms with E-state index in [1.54, 1.807) is 51.1 Å². The molecule has 1 aliphatic heterocycles. The number of amides is 2. The van der Waals surface area contributed by atoms with Crippen LogP contribution in [0.4, 0.5) is 19.4 Å². The number of rotatable bonds is 5. The SMILES string of the molecule is CC(C)(C)OC(=O)N1CCC(Oc2ccc(-c3ccnc(NC(=O)[C@H]4C[C@H]4F)c3)cc2C#N)C(F)C1. The van der Waals surface area contributed by atoms with Crippen molar-refractivity contribution in [3.8, 4) is 22.9 Å². The van der Waals surface area contributed by atoms with Crippen LogP contribution in [0.3, 0.4) is 0 Å². The molecule has 190 valence electrons. The summed E-state index contributed by atoms with van der Waals surface area (Å²) in [6.07, 6.45) is -1.95. The maximum atomic E-state index is 14.9. The molecule has 0 spiro atoms. The highest BCUT2D eigenvalue weighted by atomic mass is 19.1. The first-order valence-electron chi connectivity index (χ1n) is 11.8. The Labute approximate surface area is 208 Å². The van der Waals surface area contributed by atoms with E-state index in [2.05, 4.69) is 16.4 Å². The van der Waals surface area contributed by atoms with Crippen LogP contribution in [0.5, 0.6) is 5.75 Å². The number of carbonyl (C=O) groups is 2. The fourth-order valence-corrected chi connectivity index (χ4v) is 3.90. The zero-order chi connectivity index (χ0) is 26.0. The average Bonchev–Trinajstić information content (AvgIpc) is 3.56. The molecule has 2 amide bonds. The molecule has 8 nitrogen and oxygen atoms in total. The van der Waals surface area contributed by atoms with Crippen LogP contribution < -0.4 is 10.1 Å². The lowest BCUT2D eigenvalue weighted by molar-refractivity contribution is -0.117. The maximum absolute atomic E-state index is 14.9. The van der Waals surface area contributed by atoms with Crippen molar-refractivity contribution in [1.82, 2.24) is 9.88 Å². The molecule has 4 rings (SSSR count). The smallest absolute Gasteiger partial charge is 0.410 e. The van der Waals surface area contributed by atoms with Crippen LogP contribution >= 0.6 is 0 Å². The average molecular weight is 499 g/mol. The predicted molar refractivity (Wildman–Crippen MR) is 128 cm³/mol. The summed E-state index contributed by atoms with van der Waals surface area (Å²) in [5, 5.41) is 12.3. The largest absolute Gasteiger partial charge is 0.486 e. The zero-order valence-corrected chi connectivity index (χ0v) is 20.3. The second kappa shape index (κ2) is 10.1. The number of carbonyl (C=O) groups excluding carboxylic acids is 2. The van der Waals surface area contributed by atoms with E-state index in [0.717, 1.165) is 0 Å². The van der Waals surface area contributed by atoms with Gasteiger partial charge in [0.2, 0.25) is 5.91 Å². The summed E-state index contributed by atoms with van der Waals surface area (Å²) in [7, 11) is 0. The van der Waals surface area contributed by atoms with Crippen molar-refractivity contribution in [2.24, 2.45) is 5.92 Å². The van der Waals surface area contributed by atoms with E-state index in [-0.39, 0.29) is 43.1 Å². The van der Waals surface area contributed by atoms with Gasteiger partial charge in [-0.2, -0.15) is 5.26 Å². The van der Waals surface area contributed by atoms with E-state index in [0.29, 0.717) is 11.1 Å². The second-order valence-corrected chi connectivity index (χ2v) is 9.99. The number of nitrogens with zero attached hydrogens (tertiary/aromatic N) is 3. The summed E-state index contributed by atoms with van der Waals surface area (Å²) in [4.78, 5) is 29.7. The van der Waals surface area contributed by atoms with Crippen LogP contribution in [0.15, 0.2) is 36.5 Å². The van der Waals surface area contributed by atoms with Crippen molar-refractivity contribution in [1.29, 1.82) is 5.26 Å². The van der Waals surface area contributed by atoms with Gasteiger partial charge in [0.25, 0.3) is 0 Å². The number of anilines is 1. The Bertz CT molecular complexity index is 1190. The second-order valence-electron chi connectivity index (χ2n) is 9.99. The minimum Gasteiger partial charge on any atom is -0.486 e. The van der Waals surface area contributed by atoms with Gasteiger partial charge in [-0.05, 0) is 62.6 Å². The van der Waals surface area contributed by atoms with Gasteiger partial charge in [0.15, 0.2) is 6.17 Å². The minimum absolute atomic E-state index is 0.158. The standard InChI is InChI=1S/C26H28F2N4O4/c1-26(2,3)36-25(34)32-9-7-22(20(28)14-32)35-21-5-4-15(10-17(21)13-29)16-6-8-30-23(11-16)31-24(33)18-12-19(18)27/h4-6,8,10-11,18-20,22H,7,9,12,14H2,1-3H3,(H,30,31,33)/t18-,19+,20?,22?/m0/s1. The predicted octanol–water partition coefficient (Wildman–Crippen LogP) is 4.64. The number of alkyl halides is 2. The third-order valence-corrected chi connectivity index (χ3v) is 5.91. The Morgan fingerprint density at radius 1 is 1.17 bits per heavy atom. The highest BCUT2D eigenvalue weighted by Crippen LogP contribution is 2.35. The Morgan fingerprint density at radius 3 is 2.53 bits per heavy atom. The Kier molecular flexibility index (Phi) is 7.11. The van der Waals surface area contributed by atoms with Crippen molar-refractivity contribution < 1.29 is 27.8 Å². The van der Waals surface area contributed by atoms with Gasteiger partial charge in [-0.1, -0.05) is 6.07 Å². The lowest BCUT2D eigenvalue weighted by Gasteiger charge is -2.35. The van der Waals surface area contributed by atoms with Crippen molar-refractivity contribution in [2.45, 2.75) is 57.7 Å². The number of likely N-dealkylation sites (tertiary alicyclic amines) is 1. The van der Waals surface area contributed by atoms with Crippen molar-refractivity contribution in [2.75, 3.05) is 18.4 Å². The molecule has 2 fully saturated rings. The molecule has 2 unspecified atom stereocenters. The summed E-state index contributed by atoms with van der Waals surface area (Å²) in [5.74, 6) is -0.517. The number of piperidine rings is 1. The number of ether oxygens (including phenoxy) is 2. The summed E-state index contributed by atoms with van der Waals surface area (Å²) in [6, 6.07) is 10.4. The number of hydrogen-bond donors (Lipinski definition) is 1. The minimum atomic E-state index is -1.45. The number of hydrogen-bond acceptors (Lipinski definition) is 6. The van der Waals surface area contributed by atoms with Crippen molar-refractivity contribution in [3.05, 3.63) is 42.1 Å². The van der Waals surface area contributed by atoms with E-state index >= 15 is 0 Å². The molecule has 10 heteroatoms. The monoisotopic (exact) mass is 498 g/mol. The van der Waals surface area contributed by atoms with Crippen LogP contribution in [-0.4, -0.2) is 59.0 Å². The number of nitrogens with one attached hydrogen (secondary N) is 1. The molecular weight excluding hydrogens is 470 g/mol. The maximum Gasteiger partial charge on any atom is 0.410 e. The van der Waals surface area contributed by atoms with Gasteiger partial charge in [-0.15, -0.1) is 0 Å². The summed E-state index contributed by atoms with van der Waals surface area (Å²) >= 11 is 0. The topological polar surface area (TPSA) is 105 Å². The third kappa shape index (κ3) is 6.08. The van der Waals surface area contributed by atoms with Crippen LogP contribution in [0.1, 0.15) is 39.2 Å². The highest BCUT2D eigenvalue weighted by molar-refractivity contribution is 5.94. The number of pyridine rings is 1. The highest BCUT2D eigenvalue weighted by Gasteiger charge is 2.43. The molecule has 36 heavy (non-hydrogen) atoms. The molecule has 4 atom stereocenters. The number of halogens is 2. The van der Waals surface area contributed by atoms with Gasteiger partial charge in [-0.3, -0.25) is 4.79 Å². The van der Waals surface area contributed by atoms with E-state index in [4.69, 9.17) is 9.47 Å². The molecular formula is C26H28F2N4O4. The Balaban J connectivity index is 1.42. The summed E-state index contributed by atoms with van der Waals surface area (Å²) in [6.45, 7) is 5.36. The fourth-order valence-electron chi connectivity index (χ4n) is 3.90. The molecule has 2 heterocycles. The van der Waals surface area contributed by atoms with E-state index in [1.165, 1.54) is 11.1 Å². The number of aromatic nitrogens is 1. The van der Waals surface area contributed by atoms with Crippen molar-refractivity contribution in [3.63, 3.8) is 0 Å². The van der Waals surface area contributed by atoms with Crippen LogP contribution in [0, 0.1) is 17.2 Å². The van der Waals surface area contributed by atoms with Gasteiger partial charge < -0.3 is 19.7 Å². The molecule has 0 radical (unpaired) electrons. The van der Waals surface area contributed by atoms with Gasteiger partial charge in [0, 0.05) is 19.2 Å². The fraction of sp³-hybridized carbons (Fsp3) is 0.462. The van der Waals surface area contributed by atoms with Crippen molar-refractivity contribution >= 4 is 17.8 Å². The third-order valence-electron chi connectivity index (χ3n) is 5.91. The van der Waals surface area contributed by atoms with Crippen LogP contribution in [-0.2, 0) is 9.53 Å². The molecule has 1 saturated heterocycles. The summed E-state index contributed by atoms with van der Waals surface area (Å²) in [5.41, 5.74) is 0.901. The molecule has 2 aromatic rings. The molecule has 1 aliphatic carbocycles. The zero-order valence-electron chi connectivity index (χ0n) is 20.3. The molecule has 1 N–H and O–H groups in total. The Morgan fingerprint density at radius 2 is 1.89 bits per heavy atom. The lowest BCUT2D eigenvalue weighted by atomic mass is 10.0. The van der Waals surface area contributed by atoms with Gasteiger partial charge >= 0.3 is 6.09 Å². The van der Waals surface area contributed by atoms with E-state index < -0.39 is 42.0 Å². The first kappa shape index (κ1) is 25.4. The quantitative estimate of drug-likeness (QED) is 0.644. The van der Waals surface area contributed by atoms with E-state index in [1.807, 2.05) is 0 Å². The van der Waals surface area contributed by atoms with Gasteiger partial charge in [0.1, 0.15) is 35.5 Å². The van der Waals surface area contributed by atoms with E-state index in [9.17, 15) is 23.6 Å². The molecule has 2 aliphatic rings. The first-order valence-corrected chi connectivity index (χ1v) is 11.8. The molecule has 1 saturated carbocycles. The number of benzene rings is 1. The van der Waals surface area contributed by atoms with Crippen LogP contribution in [0.25, 0.3) is 11.1 Å². The number of nitriles is 1. The van der Waals surface area contributed by atoms with Gasteiger partial charge in [0.05, 0.1) is 18.0 Å². The molecule has 1 aromatic carbocycles. The molecule has 0 bridgehead atoms. The van der Waals surface area contributed by atoms with Gasteiger partial charge in [-0.25, -0.2) is 18.6 Å². The lowest BCUT2D eigenvalue weighted by Crippen LogP contribution is -2.50. The Hall–Kier alpha value is -3.74. The van der Waals surface area contributed by atoms with Crippen LogP contribution in [0.2, 0.25) is 0 Å².